The van der Waals surface area contributed by atoms with Crippen molar-refractivity contribution in [1.82, 2.24) is 0 Å². The van der Waals surface area contributed by atoms with Gasteiger partial charge in [0.2, 0.25) is 0 Å². The van der Waals surface area contributed by atoms with E-state index in [9.17, 15) is 0 Å². The first-order chi connectivity index (χ1) is 1.91. The van der Waals surface area contributed by atoms with Crippen molar-refractivity contribution in [2.45, 2.75) is 4.63 Å². The Kier molecular flexibility index (Phi) is 4.65. The second-order valence-corrected chi connectivity index (χ2v) is 2.42. The van der Waals surface area contributed by atoms with Crippen molar-refractivity contribution in [3.63, 3.8) is 0 Å². The minimum atomic E-state index is -0.276. The van der Waals surface area contributed by atoms with Gasteiger partial charge in [-0.3, -0.25) is 0 Å². The van der Waals surface area contributed by atoms with E-state index in [2.05, 4.69) is 4.63 Å². The molecule has 0 aromatic carbocycles. The predicted octanol–water partition coefficient (Wildman–Crippen LogP) is 0.678. The summed E-state index contributed by atoms with van der Waals surface area (Å²) in [6.45, 7) is 0. The monoisotopic (exact) mass is 136 g/mol. The van der Waals surface area contributed by atoms with Crippen LogP contribution in [0.5, 0.6) is 0 Å². The van der Waals surface area contributed by atoms with Gasteiger partial charge in [0.25, 0.3) is 0 Å². The molecule has 0 aliphatic carbocycles. The molecule has 0 rings (SSSR count). The minimum absolute atomic E-state index is 0.276. The molecule has 0 bridgehead atoms. The van der Waals surface area contributed by atoms with E-state index in [0.717, 1.165) is 0 Å². The van der Waals surface area contributed by atoms with Gasteiger partial charge in [-0.25, -0.2) is 0 Å². The average molecular weight is 137 g/mol. The summed E-state index contributed by atoms with van der Waals surface area (Å²) in [5.41, 5.74) is 0. The van der Waals surface area contributed by atoms with Crippen LogP contribution >= 0.6 is 0 Å². The third kappa shape index (κ3) is 2.84. The van der Waals surface area contributed by atoms with E-state index in [1.54, 1.807) is 7.11 Å². The Labute approximate surface area is 38.5 Å². The quantitative estimate of drug-likeness (QED) is 0.516. The van der Waals surface area contributed by atoms with Gasteiger partial charge >= 0.3 is 38.2 Å². The van der Waals surface area contributed by atoms with Gasteiger partial charge in [-0.05, 0) is 0 Å². The fourth-order valence-corrected chi connectivity index (χ4v) is 0. The van der Waals surface area contributed by atoms with Gasteiger partial charge in [-0.15, -0.1) is 0 Å². The van der Waals surface area contributed by atoms with Crippen LogP contribution in [0, 0.1) is 0 Å². The number of hydrogen-bond donors (Lipinski definition) is 0. The molecule has 0 aliphatic rings. The topological polar surface area (TPSA) is 9.23 Å². The van der Waals surface area contributed by atoms with Crippen LogP contribution in [0.3, 0.4) is 0 Å². The van der Waals surface area contributed by atoms with Crippen LogP contribution < -0.4 is 0 Å². The van der Waals surface area contributed by atoms with Crippen LogP contribution in [0.15, 0.2) is 0 Å². The maximum atomic E-state index is 4.71. The third-order valence-electron chi connectivity index (χ3n) is 0.204. The maximum absolute atomic E-state index is 4.71. The Hall–Kier alpha value is 0.843. The van der Waals surface area contributed by atoms with Crippen molar-refractivity contribution >= 4 is 0 Å². The molecule has 24 valence electrons. The Morgan fingerprint density at radius 1 is 1.75 bits per heavy atom. The normalized spacial score (nSPS) is 6.50. The van der Waals surface area contributed by atoms with Crippen LogP contribution in [-0.4, -0.2) is 7.11 Å². The van der Waals surface area contributed by atoms with E-state index in [-0.39, 0.29) is 23.7 Å². The molecule has 0 fully saturated rings. The van der Waals surface area contributed by atoms with Gasteiger partial charge in [0, 0.05) is 0 Å². The SMILES string of the molecule is C[O][Zr][CH3]. The fraction of sp³-hybridized carbons (Fsp3) is 1.00. The van der Waals surface area contributed by atoms with Crippen LogP contribution in [0.25, 0.3) is 0 Å². The molecule has 0 aromatic rings. The van der Waals surface area contributed by atoms with Crippen LogP contribution in [0.1, 0.15) is 0 Å². The van der Waals surface area contributed by atoms with Gasteiger partial charge in [0.1, 0.15) is 0 Å². The molecule has 0 saturated heterocycles. The molecular weight excluding hydrogens is 131 g/mol. The molecule has 0 N–H and O–H groups in total. The van der Waals surface area contributed by atoms with Crippen LogP contribution in [0.4, 0.5) is 0 Å². The average Bonchev–Trinajstić information content (AvgIpc) is 1.37. The number of rotatable bonds is 1. The molecule has 0 heterocycles. The van der Waals surface area contributed by atoms with E-state index < -0.39 is 0 Å². The van der Waals surface area contributed by atoms with Crippen molar-refractivity contribution in [2.75, 3.05) is 7.11 Å². The van der Waals surface area contributed by atoms with E-state index >= 15 is 0 Å². The van der Waals surface area contributed by atoms with Crippen molar-refractivity contribution in [1.29, 1.82) is 0 Å². The molecule has 0 saturated carbocycles. The first kappa shape index (κ1) is 4.84. The zero-order valence-corrected chi connectivity index (χ0v) is 5.37. The summed E-state index contributed by atoms with van der Waals surface area (Å²) >= 11 is -0.276. The Morgan fingerprint density at radius 3 is 2.00 bits per heavy atom. The number of hydrogen-bond acceptors (Lipinski definition) is 1. The molecule has 2 heteroatoms. The molecule has 0 atom stereocenters. The van der Waals surface area contributed by atoms with E-state index in [1.807, 2.05) is 0 Å². The van der Waals surface area contributed by atoms with Crippen molar-refractivity contribution in [3.05, 3.63) is 0 Å². The van der Waals surface area contributed by atoms with E-state index in [4.69, 9.17) is 2.81 Å². The first-order valence-electron chi connectivity index (χ1n) is 1.11. The molecule has 0 unspecified atom stereocenters. The van der Waals surface area contributed by atoms with E-state index in [1.165, 1.54) is 0 Å². The Morgan fingerprint density at radius 2 is 2.00 bits per heavy atom. The van der Waals surface area contributed by atoms with Crippen molar-refractivity contribution in [2.24, 2.45) is 0 Å². The summed E-state index contributed by atoms with van der Waals surface area (Å²) in [7, 11) is 1.76. The summed E-state index contributed by atoms with van der Waals surface area (Å²) < 4.78 is 6.84. The van der Waals surface area contributed by atoms with E-state index in [0.29, 0.717) is 0 Å². The van der Waals surface area contributed by atoms with Crippen molar-refractivity contribution in [3.8, 4) is 0 Å². The summed E-state index contributed by atoms with van der Waals surface area (Å²) in [6.07, 6.45) is 0. The zero-order valence-electron chi connectivity index (χ0n) is 2.91. The summed E-state index contributed by atoms with van der Waals surface area (Å²) in [5, 5.41) is 0. The second-order valence-electron chi connectivity index (χ2n) is 0.408. The third-order valence-corrected chi connectivity index (χ3v) is 1.21. The predicted molar refractivity (Wildman–Crippen MR) is 12.9 cm³/mol. The second kappa shape index (κ2) is 3.84. The van der Waals surface area contributed by atoms with Crippen molar-refractivity contribution < 1.29 is 26.5 Å². The summed E-state index contributed by atoms with van der Waals surface area (Å²) in [4.78, 5) is 0. The standard InChI is InChI=1S/CH3O.CH3.Zr/c1-2;;/h1H3;1H3;/q-1;;+1. The van der Waals surface area contributed by atoms with Gasteiger partial charge in [-0.1, -0.05) is 0 Å². The van der Waals surface area contributed by atoms with Gasteiger partial charge in [0.05, 0.1) is 0 Å². The molecule has 1 nitrogen and oxygen atoms in total. The first-order valence-corrected chi connectivity index (χ1v) is 4.57. The van der Waals surface area contributed by atoms with Gasteiger partial charge in [-0.2, -0.15) is 0 Å². The van der Waals surface area contributed by atoms with Gasteiger partial charge in [0.15, 0.2) is 0 Å². The Balaban J connectivity index is 1.97. The summed E-state index contributed by atoms with van der Waals surface area (Å²) in [6, 6.07) is 0. The summed E-state index contributed by atoms with van der Waals surface area (Å²) in [5.74, 6) is 0. The molecule has 0 spiro atoms. The molecule has 4 heavy (non-hydrogen) atoms. The van der Waals surface area contributed by atoms with Gasteiger partial charge < -0.3 is 0 Å². The molecule has 0 aromatic heterocycles. The van der Waals surface area contributed by atoms with Crippen LogP contribution in [0.2, 0.25) is 4.63 Å². The Bertz CT molecular complexity index is 8.00. The molecule has 0 radical (unpaired) electrons. The molecule has 0 aliphatic heterocycles. The fourth-order valence-electron chi connectivity index (χ4n) is 0. The zero-order chi connectivity index (χ0) is 3.41. The molecular formula is C2H6OZr. The van der Waals surface area contributed by atoms with Crippen LogP contribution in [-0.2, 0) is 26.5 Å². The molecule has 0 amide bonds.